The molecule has 4 aliphatic rings. The fraction of sp³-hybridized carbons (Fsp3) is 0.864. The van der Waals surface area contributed by atoms with E-state index < -0.39 is 0 Å². The van der Waals surface area contributed by atoms with Crippen LogP contribution in [-0.2, 0) is 18.9 Å². The molecule has 158 valence electrons. The summed E-state index contributed by atoms with van der Waals surface area (Å²) in [6, 6.07) is 0.253. The number of likely N-dealkylation sites (tertiary alicyclic amines) is 1. The minimum Gasteiger partial charge on any atom is -0.443 e. The number of epoxide rings is 2. The second-order valence-corrected chi connectivity index (χ2v) is 9.48. The molecule has 1 aliphatic carbocycles. The number of hydrogen-bond donors (Lipinski definition) is 0. The second kappa shape index (κ2) is 7.29. The van der Waals surface area contributed by atoms with Crippen molar-refractivity contribution in [2.75, 3.05) is 20.3 Å². The second-order valence-electron chi connectivity index (χ2n) is 9.48. The Morgan fingerprint density at radius 2 is 2.07 bits per heavy atom. The first-order valence-corrected chi connectivity index (χ1v) is 10.8. The molecule has 3 heterocycles. The van der Waals surface area contributed by atoms with Gasteiger partial charge in [-0.05, 0) is 59.8 Å². The standard InChI is InChI=1S/C22H35NO5/c1-14(2)8-9-17-21(4,28-17)19-18(25-5)16(10-11-22(19)13-26-22)27-20(24)23-12-6-7-15(23)3/h8,15-19H,6-7,9-13H2,1-5H3/t15-,16+,17+,18+,19?,21-,22-/m0/s1. The molecule has 3 saturated heterocycles. The van der Waals surface area contributed by atoms with E-state index in [0.29, 0.717) is 0 Å². The first kappa shape index (κ1) is 20.2. The number of ether oxygens (including phenoxy) is 4. The van der Waals surface area contributed by atoms with Crippen molar-refractivity contribution in [1.82, 2.24) is 4.90 Å². The molecule has 3 aliphatic heterocycles. The molecule has 1 saturated carbocycles. The van der Waals surface area contributed by atoms with E-state index in [4.69, 9.17) is 18.9 Å². The molecule has 1 amide bonds. The van der Waals surface area contributed by atoms with Crippen molar-refractivity contribution in [2.45, 2.75) is 95.4 Å². The number of hydrogen-bond acceptors (Lipinski definition) is 5. The van der Waals surface area contributed by atoms with Gasteiger partial charge in [0.05, 0.1) is 18.6 Å². The summed E-state index contributed by atoms with van der Waals surface area (Å²) in [6.45, 7) is 10.0. The molecule has 6 nitrogen and oxygen atoms in total. The zero-order chi connectivity index (χ0) is 20.1. The molecule has 0 radical (unpaired) electrons. The molecule has 1 spiro atoms. The topological polar surface area (TPSA) is 63.8 Å². The maximum atomic E-state index is 12.8. The van der Waals surface area contributed by atoms with E-state index in [9.17, 15) is 4.79 Å². The van der Waals surface area contributed by atoms with Crippen molar-refractivity contribution in [1.29, 1.82) is 0 Å². The minimum absolute atomic E-state index is 0.0723. The summed E-state index contributed by atoms with van der Waals surface area (Å²) in [4.78, 5) is 14.6. The number of nitrogens with zero attached hydrogens (tertiary/aromatic N) is 1. The SMILES string of the molecule is CO[C@H]1C([C@@]2(C)O[C@@H]2CC=C(C)C)[C@]2(CC[C@H]1OC(=O)N1CCC[C@@H]1C)CO2. The summed E-state index contributed by atoms with van der Waals surface area (Å²) < 4.78 is 24.1. The van der Waals surface area contributed by atoms with Crippen LogP contribution in [0.3, 0.4) is 0 Å². The molecule has 7 atom stereocenters. The van der Waals surface area contributed by atoms with Crippen LogP contribution in [0, 0.1) is 5.92 Å². The van der Waals surface area contributed by atoms with Crippen molar-refractivity contribution in [3.05, 3.63) is 11.6 Å². The predicted molar refractivity (Wildman–Crippen MR) is 105 cm³/mol. The molecule has 4 fully saturated rings. The summed E-state index contributed by atoms with van der Waals surface area (Å²) in [6.07, 6.45) is 6.39. The van der Waals surface area contributed by atoms with Gasteiger partial charge in [0.25, 0.3) is 0 Å². The Labute approximate surface area is 168 Å². The Morgan fingerprint density at radius 3 is 2.64 bits per heavy atom. The summed E-state index contributed by atoms with van der Waals surface area (Å²) in [5.41, 5.74) is 0.822. The van der Waals surface area contributed by atoms with E-state index in [1.165, 1.54) is 5.57 Å². The van der Waals surface area contributed by atoms with Crippen molar-refractivity contribution < 1.29 is 23.7 Å². The number of carbonyl (C=O) groups is 1. The first-order chi connectivity index (χ1) is 13.3. The lowest BCUT2D eigenvalue weighted by Gasteiger charge is -2.43. The van der Waals surface area contributed by atoms with Crippen LogP contribution in [0.25, 0.3) is 0 Å². The van der Waals surface area contributed by atoms with Gasteiger partial charge in [0.1, 0.15) is 23.4 Å². The predicted octanol–water partition coefficient (Wildman–Crippen LogP) is 3.68. The van der Waals surface area contributed by atoms with Crippen LogP contribution in [0.1, 0.15) is 59.8 Å². The van der Waals surface area contributed by atoms with E-state index >= 15 is 0 Å². The third kappa shape index (κ3) is 3.48. The highest BCUT2D eigenvalue weighted by Crippen LogP contribution is 2.59. The van der Waals surface area contributed by atoms with Crippen molar-refractivity contribution >= 4 is 6.09 Å². The van der Waals surface area contributed by atoms with Crippen molar-refractivity contribution in [3.8, 4) is 0 Å². The van der Waals surface area contributed by atoms with Gasteiger partial charge in [0, 0.05) is 19.7 Å². The number of allylic oxidation sites excluding steroid dienone is 1. The maximum absolute atomic E-state index is 12.8. The number of amides is 1. The monoisotopic (exact) mass is 393 g/mol. The average Bonchev–Trinajstić information content (AvgIpc) is 3.51. The summed E-state index contributed by atoms with van der Waals surface area (Å²) >= 11 is 0. The van der Waals surface area contributed by atoms with Gasteiger partial charge in [-0.3, -0.25) is 0 Å². The van der Waals surface area contributed by atoms with Gasteiger partial charge in [0.15, 0.2) is 0 Å². The van der Waals surface area contributed by atoms with Gasteiger partial charge >= 0.3 is 6.09 Å². The highest BCUT2D eigenvalue weighted by Gasteiger charge is 2.72. The fourth-order valence-electron chi connectivity index (χ4n) is 5.47. The number of rotatable bonds is 5. The first-order valence-electron chi connectivity index (χ1n) is 10.8. The van der Waals surface area contributed by atoms with Crippen LogP contribution in [-0.4, -0.2) is 66.8 Å². The van der Waals surface area contributed by atoms with Crippen LogP contribution >= 0.6 is 0 Å². The van der Waals surface area contributed by atoms with E-state index in [1.807, 2.05) is 4.90 Å². The smallest absolute Gasteiger partial charge is 0.410 e. The molecule has 0 aromatic heterocycles. The summed E-state index contributed by atoms with van der Waals surface area (Å²) in [5, 5.41) is 0. The molecule has 0 N–H and O–H groups in total. The lowest BCUT2D eigenvalue weighted by Crippen LogP contribution is -2.56. The van der Waals surface area contributed by atoms with Gasteiger partial charge < -0.3 is 23.8 Å². The lowest BCUT2D eigenvalue weighted by atomic mass is 9.68. The molecule has 28 heavy (non-hydrogen) atoms. The minimum atomic E-state index is -0.296. The zero-order valence-corrected chi connectivity index (χ0v) is 17.9. The van der Waals surface area contributed by atoms with E-state index in [0.717, 1.165) is 45.3 Å². The van der Waals surface area contributed by atoms with E-state index in [1.54, 1.807) is 7.11 Å². The Morgan fingerprint density at radius 1 is 1.32 bits per heavy atom. The summed E-state index contributed by atoms with van der Waals surface area (Å²) in [5.74, 6) is 0.0723. The normalized spacial score (nSPS) is 44.5. The third-order valence-electron chi connectivity index (χ3n) is 7.28. The molecule has 0 aromatic rings. The van der Waals surface area contributed by atoms with Gasteiger partial charge in [-0.25, -0.2) is 4.79 Å². The van der Waals surface area contributed by atoms with Gasteiger partial charge in [-0.1, -0.05) is 11.6 Å². The van der Waals surface area contributed by atoms with Crippen LogP contribution in [0.15, 0.2) is 11.6 Å². The third-order valence-corrected chi connectivity index (χ3v) is 7.28. The molecule has 0 aromatic carbocycles. The van der Waals surface area contributed by atoms with E-state index in [2.05, 4.69) is 33.8 Å². The Kier molecular flexibility index (Phi) is 5.26. The van der Waals surface area contributed by atoms with Crippen LogP contribution in [0.5, 0.6) is 0 Å². The van der Waals surface area contributed by atoms with Gasteiger partial charge in [0.2, 0.25) is 0 Å². The lowest BCUT2D eigenvalue weighted by molar-refractivity contribution is -0.122. The highest BCUT2D eigenvalue weighted by atomic mass is 16.6. The molecule has 1 unspecified atom stereocenters. The summed E-state index contributed by atoms with van der Waals surface area (Å²) in [7, 11) is 1.72. The van der Waals surface area contributed by atoms with Crippen molar-refractivity contribution in [2.24, 2.45) is 5.92 Å². The molecule has 6 heteroatoms. The van der Waals surface area contributed by atoms with Crippen LogP contribution in [0.4, 0.5) is 4.79 Å². The largest absolute Gasteiger partial charge is 0.443 e. The average molecular weight is 394 g/mol. The quantitative estimate of drug-likeness (QED) is 0.527. The van der Waals surface area contributed by atoms with E-state index in [-0.39, 0.29) is 47.6 Å². The van der Waals surface area contributed by atoms with Crippen molar-refractivity contribution in [3.63, 3.8) is 0 Å². The van der Waals surface area contributed by atoms with Gasteiger partial charge in [-0.15, -0.1) is 0 Å². The Bertz CT molecular complexity index is 641. The number of methoxy groups -OCH3 is 1. The number of carbonyl (C=O) groups excluding carboxylic acids is 1. The molecule has 0 bridgehead atoms. The van der Waals surface area contributed by atoms with Crippen LogP contribution < -0.4 is 0 Å². The van der Waals surface area contributed by atoms with Crippen LogP contribution in [0.2, 0.25) is 0 Å². The molecular weight excluding hydrogens is 358 g/mol. The maximum Gasteiger partial charge on any atom is 0.410 e. The fourth-order valence-corrected chi connectivity index (χ4v) is 5.47. The Hall–Kier alpha value is -1.11. The van der Waals surface area contributed by atoms with Gasteiger partial charge in [-0.2, -0.15) is 0 Å². The highest BCUT2D eigenvalue weighted by molar-refractivity contribution is 5.68. The molecule has 4 rings (SSSR count). The zero-order valence-electron chi connectivity index (χ0n) is 17.9. The Balaban J connectivity index is 1.49. The molecular formula is C22H35NO5.